The molecule has 1 atom stereocenters. The third kappa shape index (κ3) is 4.29. The first-order valence-corrected chi connectivity index (χ1v) is 9.02. The molecule has 0 radical (unpaired) electrons. The summed E-state index contributed by atoms with van der Waals surface area (Å²) < 4.78 is 14.4. The van der Waals surface area contributed by atoms with Gasteiger partial charge in [-0.3, -0.25) is 0 Å². The molecule has 1 fully saturated rings. The van der Waals surface area contributed by atoms with Crippen LogP contribution in [0, 0.1) is 11.2 Å². The highest BCUT2D eigenvalue weighted by atomic mass is 79.9. The van der Waals surface area contributed by atoms with Crippen LogP contribution in [0.3, 0.4) is 0 Å². The molecule has 1 aliphatic rings. The Labute approximate surface area is 136 Å². The fourth-order valence-corrected chi connectivity index (χ4v) is 3.94. The summed E-state index contributed by atoms with van der Waals surface area (Å²) in [5.41, 5.74) is 1.41. The Bertz CT molecular complexity index is 455. The van der Waals surface area contributed by atoms with Crippen molar-refractivity contribution in [2.24, 2.45) is 5.41 Å². The van der Waals surface area contributed by atoms with E-state index in [0.717, 1.165) is 24.9 Å². The number of hydrogen-bond acceptors (Lipinski definition) is 1. The fourth-order valence-electron chi connectivity index (χ4n) is 3.52. The van der Waals surface area contributed by atoms with E-state index in [1.165, 1.54) is 38.2 Å². The summed E-state index contributed by atoms with van der Waals surface area (Å²) in [6, 6.07) is 5.80. The van der Waals surface area contributed by atoms with Gasteiger partial charge in [0, 0.05) is 6.04 Å². The van der Waals surface area contributed by atoms with Crippen molar-refractivity contribution in [1.29, 1.82) is 0 Å². The number of halogens is 2. The summed E-state index contributed by atoms with van der Waals surface area (Å²) in [4.78, 5) is 0. The second-order valence-corrected chi connectivity index (χ2v) is 7.43. The Hall–Kier alpha value is -0.410. The predicted molar refractivity (Wildman–Crippen MR) is 91.1 cm³/mol. The van der Waals surface area contributed by atoms with Crippen LogP contribution in [0.4, 0.5) is 4.39 Å². The lowest BCUT2D eigenvalue weighted by molar-refractivity contribution is 0.143. The van der Waals surface area contributed by atoms with Gasteiger partial charge in [0.25, 0.3) is 0 Å². The van der Waals surface area contributed by atoms with Crippen LogP contribution in [0.25, 0.3) is 0 Å². The van der Waals surface area contributed by atoms with E-state index >= 15 is 0 Å². The van der Waals surface area contributed by atoms with Crippen molar-refractivity contribution >= 4 is 15.9 Å². The first-order chi connectivity index (χ1) is 10.1. The molecule has 0 amide bonds. The zero-order valence-electron chi connectivity index (χ0n) is 13.2. The Morgan fingerprint density at radius 2 is 2.00 bits per heavy atom. The Balaban J connectivity index is 2.17. The molecule has 1 aromatic rings. The molecule has 0 bridgehead atoms. The van der Waals surface area contributed by atoms with Crippen molar-refractivity contribution in [3.8, 4) is 0 Å². The van der Waals surface area contributed by atoms with Crippen LogP contribution in [-0.2, 0) is 6.42 Å². The summed E-state index contributed by atoms with van der Waals surface area (Å²) in [5, 5.41) is 3.73. The molecule has 1 aliphatic carbocycles. The van der Waals surface area contributed by atoms with E-state index in [0.29, 0.717) is 15.9 Å². The Morgan fingerprint density at radius 3 is 2.67 bits per heavy atom. The molecular formula is C18H27BrFN. The highest BCUT2D eigenvalue weighted by Crippen LogP contribution is 2.40. The van der Waals surface area contributed by atoms with E-state index in [2.05, 4.69) is 35.1 Å². The zero-order valence-corrected chi connectivity index (χ0v) is 14.8. The summed E-state index contributed by atoms with van der Waals surface area (Å²) in [6.45, 7) is 5.64. The first-order valence-electron chi connectivity index (χ1n) is 8.23. The van der Waals surface area contributed by atoms with Gasteiger partial charge in [0.1, 0.15) is 5.82 Å². The molecule has 1 unspecified atom stereocenters. The van der Waals surface area contributed by atoms with Crippen molar-refractivity contribution in [3.63, 3.8) is 0 Å². The van der Waals surface area contributed by atoms with Gasteiger partial charge in [0.2, 0.25) is 0 Å². The van der Waals surface area contributed by atoms with E-state index in [9.17, 15) is 4.39 Å². The fraction of sp³-hybridized carbons (Fsp3) is 0.667. The van der Waals surface area contributed by atoms with Gasteiger partial charge in [-0.15, -0.1) is 0 Å². The van der Waals surface area contributed by atoms with Crippen LogP contribution in [0.1, 0.15) is 57.9 Å². The standard InChI is InChI=1S/C18H27BrFN/c1-3-12-21-16(18(2)10-5-4-6-11-18)13-14-8-7-9-15(20)17(14)19/h7-9,16,21H,3-6,10-13H2,1-2H3. The van der Waals surface area contributed by atoms with Crippen LogP contribution in [0.5, 0.6) is 0 Å². The quantitative estimate of drug-likeness (QED) is 0.713. The largest absolute Gasteiger partial charge is 0.313 e. The van der Waals surface area contributed by atoms with Crippen LogP contribution in [0.2, 0.25) is 0 Å². The van der Waals surface area contributed by atoms with E-state index in [-0.39, 0.29) is 5.82 Å². The van der Waals surface area contributed by atoms with E-state index in [4.69, 9.17) is 0 Å². The summed E-state index contributed by atoms with van der Waals surface area (Å²) in [6.07, 6.45) is 8.60. The molecule has 1 aromatic carbocycles. The van der Waals surface area contributed by atoms with Crippen LogP contribution >= 0.6 is 15.9 Å². The molecule has 2 rings (SSSR count). The minimum atomic E-state index is -0.157. The molecule has 0 aromatic heterocycles. The normalized spacial score (nSPS) is 19.4. The third-order valence-corrected chi connectivity index (χ3v) is 5.82. The molecule has 21 heavy (non-hydrogen) atoms. The second kappa shape index (κ2) is 7.73. The highest BCUT2D eigenvalue weighted by molar-refractivity contribution is 9.10. The molecule has 118 valence electrons. The van der Waals surface area contributed by atoms with Gasteiger partial charge in [0.05, 0.1) is 4.47 Å². The van der Waals surface area contributed by atoms with Gasteiger partial charge in [-0.25, -0.2) is 4.39 Å². The van der Waals surface area contributed by atoms with Gasteiger partial charge in [-0.05, 0) is 65.2 Å². The van der Waals surface area contributed by atoms with Crippen molar-refractivity contribution < 1.29 is 4.39 Å². The van der Waals surface area contributed by atoms with E-state index in [1.807, 2.05) is 12.1 Å². The van der Waals surface area contributed by atoms with Gasteiger partial charge in [-0.1, -0.05) is 45.2 Å². The minimum absolute atomic E-state index is 0.157. The van der Waals surface area contributed by atoms with Crippen LogP contribution in [-0.4, -0.2) is 12.6 Å². The molecule has 0 aliphatic heterocycles. The maximum atomic E-state index is 13.8. The maximum Gasteiger partial charge on any atom is 0.137 e. The van der Waals surface area contributed by atoms with Gasteiger partial charge in [-0.2, -0.15) is 0 Å². The molecule has 0 saturated heterocycles. The molecule has 1 nitrogen and oxygen atoms in total. The SMILES string of the molecule is CCCNC(Cc1cccc(F)c1Br)C1(C)CCCCC1. The lowest BCUT2D eigenvalue weighted by atomic mass is 9.69. The van der Waals surface area contributed by atoms with Crippen molar-refractivity contribution in [3.05, 3.63) is 34.1 Å². The number of nitrogens with one attached hydrogen (secondary N) is 1. The summed E-state index contributed by atoms with van der Waals surface area (Å²) in [5.74, 6) is -0.157. The molecule has 0 heterocycles. The molecule has 1 saturated carbocycles. The number of hydrogen-bond donors (Lipinski definition) is 1. The number of benzene rings is 1. The highest BCUT2D eigenvalue weighted by Gasteiger charge is 2.35. The van der Waals surface area contributed by atoms with Gasteiger partial charge >= 0.3 is 0 Å². The van der Waals surface area contributed by atoms with Crippen molar-refractivity contribution in [2.45, 2.75) is 64.8 Å². The second-order valence-electron chi connectivity index (χ2n) is 6.64. The predicted octanol–water partition coefficient (Wildman–Crippen LogP) is 5.47. The average Bonchev–Trinajstić information content (AvgIpc) is 2.48. The minimum Gasteiger partial charge on any atom is -0.313 e. The van der Waals surface area contributed by atoms with E-state index in [1.54, 1.807) is 0 Å². The zero-order chi connectivity index (χ0) is 15.3. The third-order valence-electron chi connectivity index (χ3n) is 4.93. The average molecular weight is 356 g/mol. The lowest BCUT2D eigenvalue weighted by Crippen LogP contribution is -2.46. The van der Waals surface area contributed by atoms with E-state index < -0.39 is 0 Å². The Morgan fingerprint density at radius 1 is 1.29 bits per heavy atom. The van der Waals surface area contributed by atoms with Gasteiger partial charge < -0.3 is 5.32 Å². The summed E-state index contributed by atoms with van der Waals surface area (Å²) in [7, 11) is 0. The first kappa shape index (κ1) is 17.0. The Kier molecular flexibility index (Phi) is 6.24. The topological polar surface area (TPSA) is 12.0 Å². The molecule has 0 spiro atoms. The smallest absolute Gasteiger partial charge is 0.137 e. The lowest BCUT2D eigenvalue weighted by Gasteiger charge is -2.41. The van der Waals surface area contributed by atoms with Crippen LogP contribution in [0.15, 0.2) is 22.7 Å². The molecular weight excluding hydrogens is 329 g/mol. The molecule has 1 N–H and O–H groups in total. The van der Waals surface area contributed by atoms with Gasteiger partial charge in [0.15, 0.2) is 0 Å². The maximum absolute atomic E-state index is 13.8. The molecule has 3 heteroatoms. The van der Waals surface area contributed by atoms with Crippen LogP contribution < -0.4 is 5.32 Å². The van der Waals surface area contributed by atoms with Crippen molar-refractivity contribution in [2.75, 3.05) is 6.54 Å². The van der Waals surface area contributed by atoms with Crippen molar-refractivity contribution in [1.82, 2.24) is 5.32 Å². The summed E-state index contributed by atoms with van der Waals surface area (Å²) >= 11 is 3.42. The number of rotatable bonds is 6. The monoisotopic (exact) mass is 355 g/mol.